The van der Waals surface area contributed by atoms with Gasteiger partial charge in [0.05, 0.1) is 18.9 Å². The van der Waals surface area contributed by atoms with Crippen molar-refractivity contribution in [1.82, 2.24) is 10.3 Å². The summed E-state index contributed by atoms with van der Waals surface area (Å²) < 4.78 is 5.46. The molecule has 0 aliphatic carbocycles. The standard InChI is InChI=1S/C26H28N4O4S/c31-25(27-30(26(32)33)22-9-3-19(4-10-22)24-2-1-17-35-24)20-5-7-21(8-6-20)29-12-11-23(18-29)28-13-15-34-16-14-28/h1-10,17,23H,11-16,18H2,(H,27,31)(H,32,33). The lowest BCUT2D eigenvalue weighted by atomic mass is 10.1. The van der Waals surface area contributed by atoms with E-state index in [0.29, 0.717) is 17.3 Å². The first-order valence-electron chi connectivity index (χ1n) is 11.7. The number of nitrogens with one attached hydrogen (secondary N) is 1. The summed E-state index contributed by atoms with van der Waals surface area (Å²) in [5, 5.41) is 12.5. The Kier molecular flexibility index (Phi) is 6.98. The zero-order valence-electron chi connectivity index (χ0n) is 19.3. The SMILES string of the molecule is O=C(NN(C(=O)O)c1ccc(-c2cccs2)cc1)c1ccc(N2CCC(N3CCOCC3)C2)cc1. The van der Waals surface area contributed by atoms with Crippen LogP contribution in [0, 0.1) is 0 Å². The minimum absolute atomic E-state index is 0.369. The highest BCUT2D eigenvalue weighted by Gasteiger charge is 2.29. The van der Waals surface area contributed by atoms with E-state index in [-0.39, 0.29) is 0 Å². The summed E-state index contributed by atoms with van der Waals surface area (Å²) in [6, 6.07) is 18.9. The number of hydrogen-bond acceptors (Lipinski definition) is 6. The van der Waals surface area contributed by atoms with Crippen LogP contribution in [0.3, 0.4) is 0 Å². The van der Waals surface area contributed by atoms with Gasteiger partial charge in [0.2, 0.25) is 0 Å². The van der Waals surface area contributed by atoms with Crippen molar-refractivity contribution < 1.29 is 19.4 Å². The number of carboxylic acid groups (broad SMARTS) is 1. The molecule has 2 amide bonds. The summed E-state index contributed by atoms with van der Waals surface area (Å²) in [5.74, 6) is -0.478. The minimum Gasteiger partial charge on any atom is -0.463 e. The lowest BCUT2D eigenvalue weighted by molar-refractivity contribution is 0.0209. The number of rotatable bonds is 5. The van der Waals surface area contributed by atoms with Gasteiger partial charge in [-0.2, -0.15) is 5.01 Å². The second-order valence-corrected chi connectivity index (χ2v) is 9.61. The van der Waals surface area contributed by atoms with Crippen molar-refractivity contribution in [2.75, 3.05) is 49.3 Å². The molecule has 0 saturated carbocycles. The Labute approximate surface area is 208 Å². The van der Waals surface area contributed by atoms with Crippen molar-refractivity contribution in [2.45, 2.75) is 12.5 Å². The highest BCUT2D eigenvalue weighted by Crippen LogP contribution is 2.27. The molecule has 2 aliphatic heterocycles. The number of hydrogen-bond donors (Lipinski definition) is 2. The summed E-state index contributed by atoms with van der Waals surface area (Å²) in [4.78, 5) is 30.6. The monoisotopic (exact) mass is 492 g/mol. The molecule has 8 nitrogen and oxygen atoms in total. The van der Waals surface area contributed by atoms with Gasteiger partial charge in [-0.1, -0.05) is 18.2 Å². The van der Waals surface area contributed by atoms with Gasteiger partial charge >= 0.3 is 6.09 Å². The van der Waals surface area contributed by atoms with E-state index in [1.54, 1.807) is 35.6 Å². The molecule has 2 saturated heterocycles. The van der Waals surface area contributed by atoms with Gasteiger partial charge in [-0.05, 0) is 59.8 Å². The summed E-state index contributed by atoms with van der Waals surface area (Å²) in [5.41, 5.74) is 5.34. The molecule has 2 aromatic carbocycles. The van der Waals surface area contributed by atoms with Crippen LogP contribution < -0.4 is 15.3 Å². The number of carbonyl (C=O) groups is 2. The molecule has 1 unspecified atom stereocenters. The molecule has 3 heterocycles. The topological polar surface area (TPSA) is 85.3 Å². The van der Waals surface area contributed by atoms with Crippen LogP contribution in [0.4, 0.5) is 16.2 Å². The van der Waals surface area contributed by atoms with Crippen LogP contribution in [-0.2, 0) is 4.74 Å². The van der Waals surface area contributed by atoms with E-state index >= 15 is 0 Å². The number of anilines is 2. The lowest BCUT2D eigenvalue weighted by Crippen LogP contribution is -2.45. The summed E-state index contributed by atoms with van der Waals surface area (Å²) in [7, 11) is 0. The zero-order chi connectivity index (χ0) is 24.2. The van der Waals surface area contributed by atoms with Crippen LogP contribution in [0.25, 0.3) is 10.4 Å². The predicted octanol–water partition coefficient (Wildman–Crippen LogP) is 4.16. The highest BCUT2D eigenvalue weighted by atomic mass is 32.1. The Morgan fingerprint density at radius 3 is 2.40 bits per heavy atom. The summed E-state index contributed by atoms with van der Waals surface area (Å²) >= 11 is 1.61. The molecule has 0 bridgehead atoms. The van der Waals surface area contributed by atoms with E-state index in [4.69, 9.17) is 4.74 Å². The van der Waals surface area contributed by atoms with Gasteiger partial charge in [0.25, 0.3) is 5.91 Å². The van der Waals surface area contributed by atoms with Crippen molar-refractivity contribution in [1.29, 1.82) is 0 Å². The first-order valence-corrected chi connectivity index (χ1v) is 12.6. The van der Waals surface area contributed by atoms with E-state index in [2.05, 4.69) is 15.2 Å². The van der Waals surface area contributed by atoms with Crippen molar-refractivity contribution in [3.05, 3.63) is 71.6 Å². The van der Waals surface area contributed by atoms with Crippen LogP contribution in [0.15, 0.2) is 66.0 Å². The Morgan fingerprint density at radius 1 is 1.00 bits per heavy atom. The number of carbonyl (C=O) groups excluding carboxylic acids is 1. The maximum atomic E-state index is 12.8. The second-order valence-electron chi connectivity index (χ2n) is 8.67. The summed E-state index contributed by atoms with van der Waals surface area (Å²) in [6.45, 7) is 5.49. The molecule has 35 heavy (non-hydrogen) atoms. The number of nitrogens with zero attached hydrogens (tertiary/aromatic N) is 3. The average molecular weight is 493 g/mol. The van der Waals surface area contributed by atoms with Crippen molar-refractivity contribution in [2.24, 2.45) is 0 Å². The molecule has 9 heteroatoms. The minimum atomic E-state index is -1.26. The van der Waals surface area contributed by atoms with Gasteiger partial charge < -0.3 is 14.7 Å². The Morgan fingerprint density at radius 2 is 1.74 bits per heavy atom. The number of amides is 2. The average Bonchev–Trinajstić information content (AvgIpc) is 3.61. The van der Waals surface area contributed by atoms with Gasteiger partial charge in [0, 0.05) is 48.3 Å². The molecule has 3 aromatic rings. The van der Waals surface area contributed by atoms with Gasteiger partial charge in [0.15, 0.2) is 0 Å². The molecule has 182 valence electrons. The first kappa shape index (κ1) is 23.3. The van der Waals surface area contributed by atoms with Gasteiger partial charge in [-0.25, -0.2) is 4.79 Å². The van der Waals surface area contributed by atoms with E-state index in [9.17, 15) is 14.7 Å². The van der Waals surface area contributed by atoms with E-state index in [1.807, 2.05) is 41.8 Å². The molecule has 0 spiro atoms. The van der Waals surface area contributed by atoms with E-state index < -0.39 is 12.0 Å². The first-order chi connectivity index (χ1) is 17.1. The van der Waals surface area contributed by atoms with Crippen molar-refractivity contribution in [3.8, 4) is 10.4 Å². The Bertz CT molecular complexity index is 1150. The number of ether oxygens (including phenoxy) is 1. The Balaban J connectivity index is 1.22. The van der Waals surface area contributed by atoms with Crippen LogP contribution in [0.2, 0.25) is 0 Å². The fraction of sp³-hybridized carbons (Fsp3) is 0.308. The molecule has 0 radical (unpaired) electrons. The number of benzene rings is 2. The second kappa shape index (κ2) is 10.5. The quantitative estimate of drug-likeness (QED) is 0.521. The van der Waals surface area contributed by atoms with Gasteiger partial charge in [-0.15, -0.1) is 11.3 Å². The van der Waals surface area contributed by atoms with Crippen LogP contribution in [0.1, 0.15) is 16.8 Å². The van der Waals surface area contributed by atoms with Crippen LogP contribution in [0.5, 0.6) is 0 Å². The molecule has 2 N–H and O–H groups in total. The molecule has 2 fully saturated rings. The van der Waals surface area contributed by atoms with Crippen LogP contribution in [-0.4, -0.2) is 67.4 Å². The lowest BCUT2D eigenvalue weighted by Gasteiger charge is -2.32. The van der Waals surface area contributed by atoms with Gasteiger partial charge in [0.1, 0.15) is 0 Å². The molecule has 1 aromatic heterocycles. The predicted molar refractivity (Wildman–Crippen MR) is 137 cm³/mol. The maximum Gasteiger partial charge on any atom is 0.431 e. The number of thiophene rings is 1. The van der Waals surface area contributed by atoms with Crippen molar-refractivity contribution >= 4 is 34.7 Å². The van der Waals surface area contributed by atoms with Gasteiger partial charge in [-0.3, -0.25) is 15.1 Å². The largest absolute Gasteiger partial charge is 0.463 e. The van der Waals surface area contributed by atoms with Crippen LogP contribution >= 0.6 is 11.3 Å². The smallest absolute Gasteiger partial charge is 0.431 e. The number of morpholine rings is 1. The normalized spacial score (nSPS) is 18.4. The summed E-state index contributed by atoms with van der Waals surface area (Å²) in [6.07, 6.45) is -0.147. The van der Waals surface area contributed by atoms with E-state index in [0.717, 1.165) is 67.0 Å². The van der Waals surface area contributed by atoms with E-state index in [1.165, 1.54) is 0 Å². The molecular weight excluding hydrogens is 464 g/mol. The highest BCUT2D eigenvalue weighted by molar-refractivity contribution is 7.13. The fourth-order valence-electron chi connectivity index (χ4n) is 4.65. The molecule has 5 rings (SSSR count). The maximum absolute atomic E-state index is 12.8. The van der Waals surface area contributed by atoms with Crippen molar-refractivity contribution in [3.63, 3.8) is 0 Å². The molecule has 2 aliphatic rings. The third-order valence-corrected chi connectivity index (χ3v) is 7.47. The third-order valence-electron chi connectivity index (χ3n) is 6.56. The fourth-order valence-corrected chi connectivity index (χ4v) is 5.38. The number of hydrazine groups is 1. The third kappa shape index (κ3) is 5.32. The molecule has 1 atom stereocenters. The Hall–Kier alpha value is -3.40. The molecular formula is C26H28N4O4S. The zero-order valence-corrected chi connectivity index (χ0v) is 20.1.